The zero-order valence-electron chi connectivity index (χ0n) is 14.4. The lowest BCUT2D eigenvalue weighted by molar-refractivity contribution is -0.141. The van der Waals surface area contributed by atoms with Crippen LogP contribution in [0.3, 0.4) is 0 Å². The molecule has 0 aliphatic carbocycles. The van der Waals surface area contributed by atoms with Crippen molar-refractivity contribution in [3.63, 3.8) is 0 Å². The predicted octanol–water partition coefficient (Wildman–Crippen LogP) is 4.30. The Labute approximate surface area is 160 Å². The second kappa shape index (κ2) is 7.83. The molecule has 0 radical (unpaired) electrons. The molecule has 1 atom stereocenters. The number of aryl methyl sites for hydroxylation is 1. The SMILES string of the molecule is Cc1ccc(C2=NN(C(=O)CCC(=O)O)C(c3cccc(Br)c3)C2)cc1. The van der Waals surface area contributed by atoms with Gasteiger partial charge >= 0.3 is 5.97 Å². The van der Waals surface area contributed by atoms with Crippen molar-refractivity contribution in [2.45, 2.75) is 32.2 Å². The fourth-order valence-electron chi connectivity index (χ4n) is 2.96. The normalized spacial score (nSPS) is 16.5. The highest BCUT2D eigenvalue weighted by Crippen LogP contribution is 2.34. The van der Waals surface area contributed by atoms with E-state index in [1.54, 1.807) is 0 Å². The van der Waals surface area contributed by atoms with Gasteiger partial charge < -0.3 is 5.11 Å². The first-order chi connectivity index (χ1) is 12.4. The lowest BCUT2D eigenvalue weighted by Crippen LogP contribution is -2.27. The van der Waals surface area contributed by atoms with Crippen LogP contribution in [-0.4, -0.2) is 27.7 Å². The zero-order chi connectivity index (χ0) is 18.7. The van der Waals surface area contributed by atoms with Crippen LogP contribution in [0.25, 0.3) is 0 Å². The maximum absolute atomic E-state index is 12.6. The third-order valence-electron chi connectivity index (χ3n) is 4.34. The van der Waals surface area contributed by atoms with Crippen LogP contribution in [0.1, 0.15) is 42.0 Å². The van der Waals surface area contributed by atoms with Gasteiger partial charge in [0.15, 0.2) is 0 Å². The van der Waals surface area contributed by atoms with Crippen molar-refractivity contribution < 1.29 is 14.7 Å². The average Bonchev–Trinajstić information content (AvgIpc) is 3.05. The molecular weight excluding hydrogens is 396 g/mol. The summed E-state index contributed by atoms with van der Waals surface area (Å²) in [7, 11) is 0. The number of hydrazone groups is 1. The molecule has 1 aliphatic rings. The molecular formula is C20H19BrN2O3. The summed E-state index contributed by atoms with van der Waals surface area (Å²) in [5.41, 5.74) is 3.93. The van der Waals surface area contributed by atoms with E-state index in [2.05, 4.69) is 21.0 Å². The molecule has 26 heavy (non-hydrogen) atoms. The molecule has 5 nitrogen and oxygen atoms in total. The van der Waals surface area contributed by atoms with Crippen molar-refractivity contribution in [2.24, 2.45) is 5.10 Å². The summed E-state index contributed by atoms with van der Waals surface area (Å²) in [6.45, 7) is 2.02. The third kappa shape index (κ3) is 4.19. The van der Waals surface area contributed by atoms with E-state index < -0.39 is 5.97 Å². The number of rotatable bonds is 5. The second-order valence-corrected chi connectivity index (χ2v) is 7.24. The van der Waals surface area contributed by atoms with E-state index in [0.29, 0.717) is 6.42 Å². The summed E-state index contributed by atoms with van der Waals surface area (Å²) in [6, 6.07) is 15.6. The smallest absolute Gasteiger partial charge is 0.303 e. The molecule has 1 aliphatic heterocycles. The zero-order valence-corrected chi connectivity index (χ0v) is 15.9. The Bertz CT molecular complexity index is 862. The van der Waals surface area contributed by atoms with Crippen LogP contribution < -0.4 is 0 Å². The number of nitrogens with zero attached hydrogens (tertiary/aromatic N) is 2. The molecule has 2 aromatic carbocycles. The fourth-order valence-corrected chi connectivity index (χ4v) is 3.38. The van der Waals surface area contributed by atoms with E-state index in [1.165, 1.54) is 5.01 Å². The minimum absolute atomic E-state index is 0.0650. The van der Waals surface area contributed by atoms with Crippen molar-refractivity contribution in [1.82, 2.24) is 5.01 Å². The number of aliphatic carboxylic acids is 1. The van der Waals surface area contributed by atoms with Crippen LogP contribution in [0.4, 0.5) is 0 Å². The number of carboxylic acids is 1. The molecule has 0 fully saturated rings. The van der Waals surface area contributed by atoms with E-state index in [1.807, 2.05) is 55.5 Å². The number of halogens is 1. The monoisotopic (exact) mass is 414 g/mol. The van der Waals surface area contributed by atoms with Crippen LogP contribution in [0, 0.1) is 6.92 Å². The Morgan fingerprint density at radius 2 is 1.92 bits per heavy atom. The number of hydrogen-bond donors (Lipinski definition) is 1. The van der Waals surface area contributed by atoms with Gasteiger partial charge in [-0.25, -0.2) is 5.01 Å². The van der Waals surface area contributed by atoms with Crippen LogP contribution in [-0.2, 0) is 9.59 Å². The lowest BCUT2D eigenvalue weighted by Gasteiger charge is -2.22. The summed E-state index contributed by atoms with van der Waals surface area (Å²) in [5, 5.41) is 14.9. The van der Waals surface area contributed by atoms with E-state index in [0.717, 1.165) is 26.9 Å². The molecule has 0 aromatic heterocycles. The van der Waals surface area contributed by atoms with Crippen LogP contribution in [0.5, 0.6) is 0 Å². The molecule has 3 rings (SSSR count). The van der Waals surface area contributed by atoms with Crippen molar-refractivity contribution in [2.75, 3.05) is 0 Å². The number of benzene rings is 2. The first kappa shape index (κ1) is 18.3. The van der Waals surface area contributed by atoms with Crippen molar-refractivity contribution >= 4 is 33.5 Å². The summed E-state index contributed by atoms with van der Waals surface area (Å²) >= 11 is 3.47. The van der Waals surface area contributed by atoms with Crippen molar-refractivity contribution in [3.8, 4) is 0 Å². The van der Waals surface area contributed by atoms with Gasteiger partial charge in [0.05, 0.1) is 18.2 Å². The van der Waals surface area contributed by atoms with Gasteiger partial charge in [0, 0.05) is 17.3 Å². The standard InChI is InChI=1S/C20H19BrN2O3/c1-13-5-7-14(8-6-13)17-12-18(15-3-2-4-16(21)11-15)23(22-17)19(24)9-10-20(25)26/h2-8,11,18H,9-10,12H2,1H3,(H,25,26). The molecule has 134 valence electrons. The highest BCUT2D eigenvalue weighted by atomic mass is 79.9. The Balaban J connectivity index is 1.91. The average molecular weight is 415 g/mol. The minimum Gasteiger partial charge on any atom is -0.481 e. The number of hydrogen-bond acceptors (Lipinski definition) is 3. The van der Waals surface area contributed by atoms with Gasteiger partial charge in [-0.1, -0.05) is 57.9 Å². The molecule has 1 amide bonds. The first-order valence-corrected chi connectivity index (χ1v) is 9.17. The van der Waals surface area contributed by atoms with Gasteiger partial charge in [-0.2, -0.15) is 5.10 Å². The number of carbonyl (C=O) groups excluding carboxylic acids is 1. The highest BCUT2D eigenvalue weighted by molar-refractivity contribution is 9.10. The molecule has 2 aromatic rings. The molecule has 1 N–H and O–H groups in total. The summed E-state index contributed by atoms with van der Waals surface area (Å²) in [4.78, 5) is 23.4. The van der Waals surface area contributed by atoms with Gasteiger partial charge in [0.1, 0.15) is 0 Å². The largest absolute Gasteiger partial charge is 0.481 e. The minimum atomic E-state index is -0.987. The molecule has 1 unspecified atom stereocenters. The Morgan fingerprint density at radius 1 is 1.19 bits per heavy atom. The topological polar surface area (TPSA) is 70.0 Å². The Hall–Kier alpha value is -2.47. The number of carbonyl (C=O) groups is 2. The highest BCUT2D eigenvalue weighted by Gasteiger charge is 2.33. The third-order valence-corrected chi connectivity index (χ3v) is 4.83. The molecule has 6 heteroatoms. The molecule has 0 spiro atoms. The molecule has 0 saturated heterocycles. The fraction of sp³-hybridized carbons (Fsp3) is 0.250. The predicted molar refractivity (Wildman–Crippen MR) is 103 cm³/mol. The number of carboxylic acid groups (broad SMARTS) is 1. The lowest BCUT2D eigenvalue weighted by atomic mass is 9.98. The Morgan fingerprint density at radius 3 is 2.58 bits per heavy atom. The van der Waals surface area contributed by atoms with Crippen molar-refractivity contribution in [3.05, 3.63) is 69.7 Å². The maximum Gasteiger partial charge on any atom is 0.303 e. The van der Waals surface area contributed by atoms with Crippen LogP contribution in [0.15, 0.2) is 58.1 Å². The van der Waals surface area contributed by atoms with Gasteiger partial charge in [0.25, 0.3) is 0 Å². The quantitative estimate of drug-likeness (QED) is 0.792. The van der Waals surface area contributed by atoms with E-state index in [-0.39, 0.29) is 24.8 Å². The van der Waals surface area contributed by atoms with Gasteiger partial charge in [-0.15, -0.1) is 0 Å². The van der Waals surface area contributed by atoms with Gasteiger partial charge in [-0.3, -0.25) is 9.59 Å². The van der Waals surface area contributed by atoms with Crippen molar-refractivity contribution in [1.29, 1.82) is 0 Å². The van der Waals surface area contributed by atoms with E-state index >= 15 is 0 Å². The maximum atomic E-state index is 12.6. The second-order valence-electron chi connectivity index (χ2n) is 6.32. The first-order valence-electron chi connectivity index (χ1n) is 8.38. The van der Waals surface area contributed by atoms with E-state index in [4.69, 9.17) is 5.11 Å². The van der Waals surface area contributed by atoms with Crippen LogP contribution >= 0.6 is 15.9 Å². The summed E-state index contributed by atoms with van der Waals surface area (Å²) in [5.74, 6) is -1.27. The molecule has 1 heterocycles. The van der Waals surface area contributed by atoms with Crippen LogP contribution in [0.2, 0.25) is 0 Å². The summed E-state index contributed by atoms with van der Waals surface area (Å²) < 4.78 is 0.928. The number of amides is 1. The summed E-state index contributed by atoms with van der Waals surface area (Å²) in [6.07, 6.45) is 0.332. The van der Waals surface area contributed by atoms with E-state index in [9.17, 15) is 9.59 Å². The van der Waals surface area contributed by atoms with Gasteiger partial charge in [0.2, 0.25) is 5.91 Å². The van der Waals surface area contributed by atoms with Gasteiger partial charge in [-0.05, 0) is 30.2 Å². The Kier molecular flexibility index (Phi) is 5.52. The molecule has 0 saturated carbocycles. The molecule has 0 bridgehead atoms.